The number of carbonyl (C=O) groups is 1. The van der Waals surface area contributed by atoms with Crippen molar-refractivity contribution in [3.63, 3.8) is 0 Å². The van der Waals surface area contributed by atoms with Gasteiger partial charge in [0.1, 0.15) is 5.82 Å². The minimum absolute atomic E-state index is 0.0139. The largest absolute Gasteiger partial charge is 0.483 e. The molecule has 22 heavy (non-hydrogen) atoms. The second-order valence-electron chi connectivity index (χ2n) is 4.52. The smallest absolute Gasteiger partial charge is 0.290 e. The van der Waals surface area contributed by atoms with Crippen molar-refractivity contribution in [1.29, 1.82) is 0 Å². The summed E-state index contributed by atoms with van der Waals surface area (Å²) in [4.78, 5) is 12.6. The Balaban J connectivity index is 0.000000545. The zero-order valence-corrected chi connectivity index (χ0v) is 11.6. The van der Waals surface area contributed by atoms with E-state index in [9.17, 15) is 4.39 Å². The molecule has 112 valence electrons. The Kier molecular flexibility index (Phi) is 5.16. The van der Waals surface area contributed by atoms with E-state index >= 15 is 0 Å². The standard InChI is InChI=1S/C16H12FNO.CH2O2/c17-15-5-4-13-7-14(9-18-16(13)8-15)12-3-1-2-11(6-12)10-19;2-1-3/h1-9,19H,10H2;1H,(H,2,3). The molecule has 3 rings (SSSR count). The van der Waals surface area contributed by atoms with Crippen LogP contribution in [0.5, 0.6) is 0 Å². The maximum Gasteiger partial charge on any atom is 0.290 e. The molecule has 0 aliphatic heterocycles. The summed E-state index contributed by atoms with van der Waals surface area (Å²) in [5, 5.41) is 16.9. The first-order valence-electron chi connectivity index (χ1n) is 6.51. The van der Waals surface area contributed by atoms with Gasteiger partial charge in [0.2, 0.25) is 0 Å². The number of hydrogen-bond acceptors (Lipinski definition) is 3. The Bertz CT molecular complexity index is 790. The van der Waals surface area contributed by atoms with Gasteiger partial charge in [-0.05, 0) is 35.4 Å². The van der Waals surface area contributed by atoms with Crippen molar-refractivity contribution >= 4 is 17.4 Å². The van der Waals surface area contributed by atoms with E-state index in [0.29, 0.717) is 5.52 Å². The predicted octanol–water partition coefficient (Wildman–Crippen LogP) is 3.23. The zero-order valence-electron chi connectivity index (χ0n) is 11.6. The van der Waals surface area contributed by atoms with Crippen LogP contribution in [0.1, 0.15) is 5.56 Å². The monoisotopic (exact) mass is 299 g/mol. The van der Waals surface area contributed by atoms with Crippen LogP contribution in [0.3, 0.4) is 0 Å². The zero-order chi connectivity index (χ0) is 15.9. The van der Waals surface area contributed by atoms with Gasteiger partial charge in [0.05, 0.1) is 12.1 Å². The number of aliphatic hydroxyl groups is 1. The minimum atomic E-state index is -0.282. The van der Waals surface area contributed by atoms with E-state index in [1.54, 1.807) is 12.3 Å². The number of hydrogen-bond donors (Lipinski definition) is 2. The summed E-state index contributed by atoms with van der Waals surface area (Å²) < 4.78 is 13.1. The maximum absolute atomic E-state index is 13.1. The van der Waals surface area contributed by atoms with Gasteiger partial charge < -0.3 is 10.2 Å². The second kappa shape index (κ2) is 7.28. The molecular weight excluding hydrogens is 285 g/mol. The topological polar surface area (TPSA) is 70.4 Å². The number of carboxylic acid groups (broad SMARTS) is 1. The van der Waals surface area contributed by atoms with Crippen LogP contribution in [-0.4, -0.2) is 21.7 Å². The molecule has 4 nitrogen and oxygen atoms in total. The molecule has 0 fully saturated rings. The molecule has 1 heterocycles. The maximum atomic E-state index is 13.1. The first-order valence-corrected chi connectivity index (χ1v) is 6.51. The molecule has 0 saturated carbocycles. The molecule has 5 heteroatoms. The average Bonchev–Trinajstić information content (AvgIpc) is 2.55. The van der Waals surface area contributed by atoms with Crippen molar-refractivity contribution in [1.82, 2.24) is 4.98 Å². The summed E-state index contributed by atoms with van der Waals surface area (Å²) in [6, 6.07) is 14.2. The number of aliphatic hydroxyl groups excluding tert-OH is 1. The lowest BCUT2D eigenvalue weighted by Gasteiger charge is -2.05. The Morgan fingerprint density at radius 3 is 2.59 bits per heavy atom. The molecule has 0 aliphatic rings. The second-order valence-corrected chi connectivity index (χ2v) is 4.52. The fraction of sp³-hybridized carbons (Fsp3) is 0.0588. The molecule has 0 unspecified atom stereocenters. The highest BCUT2D eigenvalue weighted by atomic mass is 19.1. The van der Waals surface area contributed by atoms with Gasteiger partial charge in [-0.3, -0.25) is 9.78 Å². The van der Waals surface area contributed by atoms with Crippen molar-refractivity contribution in [2.24, 2.45) is 0 Å². The normalized spacial score (nSPS) is 9.91. The van der Waals surface area contributed by atoms with Crippen molar-refractivity contribution in [2.75, 3.05) is 0 Å². The minimum Gasteiger partial charge on any atom is -0.483 e. The molecular formula is C17H14FNO3. The van der Waals surface area contributed by atoms with Crippen LogP contribution in [0.2, 0.25) is 0 Å². The third-order valence-corrected chi connectivity index (χ3v) is 3.09. The molecule has 0 spiro atoms. The Labute approximate surface area is 126 Å². The van der Waals surface area contributed by atoms with E-state index in [1.165, 1.54) is 12.1 Å². The lowest BCUT2D eigenvalue weighted by Crippen LogP contribution is -1.87. The van der Waals surface area contributed by atoms with Crippen LogP contribution in [0.15, 0.2) is 54.7 Å². The highest BCUT2D eigenvalue weighted by Crippen LogP contribution is 2.24. The molecule has 0 aliphatic carbocycles. The lowest BCUT2D eigenvalue weighted by molar-refractivity contribution is -0.122. The summed E-state index contributed by atoms with van der Waals surface area (Å²) in [6.07, 6.45) is 1.72. The fourth-order valence-corrected chi connectivity index (χ4v) is 2.10. The highest BCUT2D eigenvalue weighted by Gasteiger charge is 2.03. The van der Waals surface area contributed by atoms with Crippen molar-refractivity contribution < 1.29 is 19.4 Å². The molecule has 2 aromatic carbocycles. The molecule has 0 atom stereocenters. The molecule has 0 amide bonds. The molecule has 1 aromatic heterocycles. The summed E-state index contributed by atoms with van der Waals surface area (Å²) in [5.41, 5.74) is 3.44. The summed E-state index contributed by atoms with van der Waals surface area (Å²) in [5.74, 6) is -0.282. The van der Waals surface area contributed by atoms with Crippen LogP contribution in [-0.2, 0) is 11.4 Å². The SMILES string of the molecule is O=CO.OCc1cccc(-c2cnc3cc(F)ccc3c2)c1. The van der Waals surface area contributed by atoms with Crippen LogP contribution >= 0.6 is 0 Å². The van der Waals surface area contributed by atoms with Gasteiger partial charge in [0, 0.05) is 23.2 Å². The number of fused-ring (bicyclic) bond motifs is 1. The van der Waals surface area contributed by atoms with Crippen molar-refractivity contribution in [3.05, 3.63) is 66.1 Å². The molecule has 0 bridgehead atoms. The molecule has 3 aromatic rings. The third kappa shape index (κ3) is 3.65. The third-order valence-electron chi connectivity index (χ3n) is 3.09. The van der Waals surface area contributed by atoms with Gasteiger partial charge in [0.15, 0.2) is 0 Å². The van der Waals surface area contributed by atoms with E-state index < -0.39 is 0 Å². The summed E-state index contributed by atoms with van der Waals surface area (Å²) in [6.45, 7) is -0.236. The fourth-order valence-electron chi connectivity index (χ4n) is 2.10. The Hall–Kier alpha value is -2.79. The highest BCUT2D eigenvalue weighted by molar-refractivity contribution is 5.83. The number of benzene rings is 2. The van der Waals surface area contributed by atoms with Gasteiger partial charge in [-0.2, -0.15) is 0 Å². The van der Waals surface area contributed by atoms with Gasteiger partial charge >= 0.3 is 0 Å². The van der Waals surface area contributed by atoms with Gasteiger partial charge in [0.25, 0.3) is 6.47 Å². The Morgan fingerprint density at radius 1 is 1.09 bits per heavy atom. The lowest BCUT2D eigenvalue weighted by atomic mass is 10.0. The van der Waals surface area contributed by atoms with Crippen LogP contribution < -0.4 is 0 Å². The molecule has 0 radical (unpaired) electrons. The van der Waals surface area contributed by atoms with E-state index in [-0.39, 0.29) is 18.9 Å². The van der Waals surface area contributed by atoms with E-state index in [0.717, 1.165) is 22.1 Å². The Morgan fingerprint density at radius 2 is 1.86 bits per heavy atom. The number of pyridine rings is 1. The predicted molar refractivity (Wildman–Crippen MR) is 81.8 cm³/mol. The van der Waals surface area contributed by atoms with Gasteiger partial charge in [-0.1, -0.05) is 18.2 Å². The average molecular weight is 299 g/mol. The number of nitrogens with zero attached hydrogens (tertiary/aromatic N) is 1. The quantitative estimate of drug-likeness (QED) is 0.713. The summed E-state index contributed by atoms with van der Waals surface area (Å²) >= 11 is 0. The first kappa shape index (κ1) is 15.6. The number of rotatable bonds is 2. The van der Waals surface area contributed by atoms with Crippen LogP contribution in [0, 0.1) is 5.82 Å². The number of aromatic nitrogens is 1. The van der Waals surface area contributed by atoms with Gasteiger partial charge in [-0.15, -0.1) is 0 Å². The van der Waals surface area contributed by atoms with Crippen molar-refractivity contribution in [3.8, 4) is 11.1 Å². The number of halogens is 1. The van der Waals surface area contributed by atoms with E-state index in [1.807, 2.05) is 30.3 Å². The molecule has 2 N–H and O–H groups in total. The molecule has 0 saturated heterocycles. The van der Waals surface area contributed by atoms with Crippen LogP contribution in [0.4, 0.5) is 4.39 Å². The van der Waals surface area contributed by atoms with Crippen LogP contribution in [0.25, 0.3) is 22.0 Å². The van der Waals surface area contributed by atoms with Crippen molar-refractivity contribution in [2.45, 2.75) is 6.61 Å². The van der Waals surface area contributed by atoms with E-state index in [4.69, 9.17) is 15.0 Å². The first-order chi connectivity index (χ1) is 10.7. The van der Waals surface area contributed by atoms with Gasteiger partial charge in [-0.25, -0.2) is 4.39 Å². The van der Waals surface area contributed by atoms with E-state index in [2.05, 4.69) is 4.98 Å². The summed E-state index contributed by atoms with van der Waals surface area (Å²) in [7, 11) is 0.